The average Bonchev–Trinajstić information content (AvgIpc) is 3.13. The average molecular weight is 795 g/mol. The summed E-state index contributed by atoms with van der Waals surface area (Å²) >= 11 is 0. The molecule has 9 heteroatoms. The van der Waals surface area contributed by atoms with Crippen LogP contribution in [-0.4, -0.2) is 75.6 Å². The number of ether oxygens (including phenoxy) is 2. The Morgan fingerprint density at radius 2 is 1.00 bits per heavy atom. The molecule has 0 rings (SSSR count). The molecule has 0 aromatic heterocycles. The van der Waals surface area contributed by atoms with Crippen LogP contribution in [-0.2, 0) is 27.9 Å². The van der Waals surface area contributed by atoms with Crippen molar-refractivity contribution in [1.82, 2.24) is 0 Å². The van der Waals surface area contributed by atoms with Crippen molar-refractivity contribution >= 4 is 13.8 Å². The van der Waals surface area contributed by atoms with Crippen LogP contribution >= 0.6 is 7.82 Å². The lowest BCUT2D eigenvalue weighted by molar-refractivity contribution is -0.870. The molecule has 0 fully saturated rings. The highest BCUT2D eigenvalue weighted by Gasteiger charge is 2.26. The van der Waals surface area contributed by atoms with Crippen LogP contribution in [0.25, 0.3) is 0 Å². The molecular formula is C46H85NO7P+. The van der Waals surface area contributed by atoms with E-state index in [9.17, 15) is 14.3 Å². The molecule has 0 saturated heterocycles. The molecule has 0 aromatic carbocycles. The molecule has 0 spiro atoms. The Balaban J connectivity index is 4.38. The Hall–Kier alpha value is -1.80. The maximum atomic E-state index is 12.7. The summed E-state index contributed by atoms with van der Waals surface area (Å²) in [7, 11) is 1.62. The van der Waals surface area contributed by atoms with Gasteiger partial charge in [0.15, 0.2) is 0 Å². The number of quaternary nitrogens is 1. The summed E-state index contributed by atoms with van der Waals surface area (Å²) in [5, 5.41) is 0. The molecule has 0 heterocycles. The molecule has 8 nitrogen and oxygen atoms in total. The van der Waals surface area contributed by atoms with Gasteiger partial charge in [-0.1, -0.05) is 171 Å². The van der Waals surface area contributed by atoms with Crippen LogP contribution in [0.15, 0.2) is 60.8 Å². The SMILES string of the molecule is CCCCC/C=C\C/C=C\C/C=C\C/C=C\C/C=C\CCC(=O)OC(COCCCCCCCCCCCCCCCC)COP(=O)(O)OCC[N+](C)(C)C. The molecule has 0 saturated carbocycles. The fourth-order valence-electron chi connectivity index (χ4n) is 5.65. The van der Waals surface area contributed by atoms with E-state index in [0.717, 1.165) is 38.5 Å². The Morgan fingerprint density at radius 3 is 1.49 bits per heavy atom. The van der Waals surface area contributed by atoms with Gasteiger partial charge in [-0.2, -0.15) is 0 Å². The van der Waals surface area contributed by atoms with Crippen molar-refractivity contribution < 1.29 is 37.3 Å². The molecule has 0 aliphatic rings. The first kappa shape index (κ1) is 53.2. The third-order valence-electron chi connectivity index (χ3n) is 9.10. The van der Waals surface area contributed by atoms with Gasteiger partial charge in [0.2, 0.25) is 0 Å². The first-order valence-electron chi connectivity index (χ1n) is 22.0. The number of carbonyl (C=O) groups excluding carboxylic acids is 1. The second-order valence-electron chi connectivity index (χ2n) is 15.7. The van der Waals surface area contributed by atoms with Gasteiger partial charge in [0.05, 0.1) is 34.4 Å². The number of phosphoric acid groups is 1. The molecule has 0 bridgehead atoms. The van der Waals surface area contributed by atoms with E-state index in [1.165, 1.54) is 103 Å². The molecule has 55 heavy (non-hydrogen) atoms. The third kappa shape index (κ3) is 43.2. The highest BCUT2D eigenvalue weighted by Crippen LogP contribution is 2.43. The lowest BCUT2D eigenvalue weighted by atomic mass is 10.0. The minimum absolute atomic E-state index is 0.0742. The molecular weight excluding hydrogens is 709 g/mol. The van der Waals surface area contributed by atoms with E-state index in [2.05, 4.69) is 62.5 Å². The molecule has 0 radical (unpaired) electrons. The van der Waals surface area contributed by atoms with Gasteiger partial charge in [0.25, 0.3) is 0 Å². The van der Waals surface area contributed by atoms with Gasteiger partial charge in [-0.05, 0) is 51.4 Å². The highest BCUT2D eigenvalue weighted by molar-refractivity contribution is 7.47. The maximum absolute atomic E-state index is 12.7. The van der Waals surface area contributed by atoms with Crippen LogP contribution in [0.2, 0.25) is 0 Å². The molecule has 2 atom stereocenters. The number of phosphoric ester groups is 1. The van der Waals surface area contributed by atoms with E-state index in [1.807, 2.05) is 33.3 Å². The number of nitrogens with zero attached hydrogens (tertiary/aromatic N) is 1. The summed E-state index contributed by atoms with van der Waals surface area (Å²) in [6.45, 7) is 5.49. The minimum Gasteiger partial charge on any atom is -0.457 e. The number of allylic oxidation sites excluding steroid dienone is 10. The number of likely N-dealkylation sites (N-methyl/N-ethyl adjacent to an activating group) is 1. The third-order valence-corrected chi connectivity index (χ3v) is 10.1. The molecule has 0 aromatic rings. The van der Waals surface area contributed by atoms with E-state index >= 15 is 0 Å². The van der Waals surface area contributed by atoms with Crippen molar-refractivity contribution in [3.8, 4) is 0 Å². The monoisotopic (exact) mass is 795 g/mol. The van der Waals surface area contributed by atoms with Crippen LogP contribution in [0, 0.1) is 0 Å². The Morgan fingerprint density at radius 1 is 0.564 bits per heavy atom. The van der Waals surface area contributed by atoms with E-state index in [4.69, 9.17) is 18.5 Å². The van der Waals surface area contributed by atoms with Gasteiger partial charge >= 0.3 is 13.8 Å². The van der Waals surface area contributed by atoms with Crippen molar-refractivity contribution in [3.05, 3.63) is 60.8 Å². The predicted octanol–water partition coefficient (Wildman–Crippen LogP) is 12.9. The molecule has 2 unspecified atom stereocenters. The van der Waals surface area contributed by atoms with Crippen molar-refractivity contribution in [2.24, 2.45) is 0 Å². The summed E-state index contributed by atoms with van der Waals surface area (Å²) in [6.07, 6.45) is 48.4. The van der Waals surface area contributed by atoms with E-state index in [1.54, 1.807) is 0 Å². The Bertz CT molecular complexity index is 1060. The number of hydrogen-bond donors (Lipinski definition) is 1. The summed E-state index contributed by atoms with van der Waals surface area (Å²) in [6, 6.07) is 0. The van der Waals surface area contributed by atoms with Gasteiger partial charge in [-0.25, -0.2) is 4.57 Å². The zero-order valence-corrected chi connectivity index (χ0v) is 37.0. The summed E-state index contributed by atoms with van der Waals surface area (Å²) in [4.78, 5) is 22.8. The summed E-state index contributed by atoms with van der Waals surface area (Å²) in [5.74, 6) is -0.394. The van der Waals surface area contributed by atoms with E-state index in [0.29, 0.717) is 24.1 Å². The van der Waals surface area contributed by atoms with Gasteiger partial charge < -0.3 is 18.9 Å². The van der Waals surface area contributed by atoms with Gasteiger partial charge in [0, 0.05) is 13.0 Å². The van der Waals surface area contributed by atoms with Crippen LogP contribution < -0.4 is 0 Å². The van der Waals surface area contributed by atoms with Crippen LogP contribution in [0.4, 0.5) is 0 Å². The first-order valence-corrected chi connectivity index (χ1v) is 23.5. The molecule has 0 aliphatic carbocycles. The van der Waals surface area contributed by atoms with Crippen LogP contribution in [0.3, 0.4) is 0 Å². The van der Waals surface area contributed by atoms with Crippen molar-refractivity contribution in [3.63, 3.8) is 0 Å². The number of rotatable bonds is 40. The topological polar surface area (TPSA) is 91.3 Å². The lowest BCUT2D eigenvalue weighted by Gasteiger charge is -2.24. The smallest absolute Gasteiger partial charge is 0.457 e. The summed E-state index contributed by atoms with van der Waals surface area (Å²) in [5.41, 5.74) is 0. The second kappa shape index (κ2) is 39.0. The normalized spacial score (nSPS) is 14.4. The lowest BCUT2D eigenvalue weighted by Crippen LogP contribution is -2.37. The fourth-order valence-corrected chi connectivity index (χ4v) is 6.39. The Labute approximate surface area is 339 Å². The maximum Gasteiger partial charge on any atom is 0.472 e. The largest absolute Gasteiger partial charge is 0.472 e. The Kier molecular flexibility index (Phi) is 37.8. The van der Waals surface area contributed by atoms with E-state index < -0.39 is 19.9 Å². The quantitative estimate of drug-likeness (QED) is 0.0217. The molecule has 0 aliphatic heterocycles. The van der Waals surface area contributed by atoms with Crippen LogP contribution in [0.5, 0.6) is 0 Å². The predicted molar refractivity (Wildman–Crippen MR) is 233 cm³/mol. The molecule has 1 N–H and O–H groups in total. The van der Waals surface area contributed by atoms with Crippen LogP contribution in [0.1, 0.15) is 168 Å². The number of unbranched alkanes of at least 4 members (excludes halogenated alkanes) is 16. The number of hydrogen-bond acceptors (Lipinski definition) is 6. The number of esters is 1. The zero-order valence-electron chi connectivity index (χ0n) is 36.1. The van der Waals surface area contributed by atoms with E-state index in [-0.39, 0.29) is 26.2 Å². The molecule has 0 amide bonds. The second-order valence-corrected chi connectivity index (χ2v) is 17.2. The standard InChI is InChI=1S/C46H84NO7P/c1-6-8-10-12-14-16-18-20-22-23-24-25-26-27-29-31-33-35-37-39-46(48)54-45(44-53-55(49,50)52-42-40-47(3,4)5)43-51-41-38-36-34-32-30-28-21-19-17-15-13-11-9-7-2/h14,16,20,22,24-25,27,29,33,35,45H,6-13,15,17-19,21,23,26,28,30-32,34,36-44H2,1-5H3/p+1/b16-14-,22-20-,25-24-,29-27-,35-33-. The number of carbonyl (C=O) groups is 1. The fraction of sp³-hybridized carbons (Fsp3) is 0.761. The first-order chi connectivity index (χ1) is 26.6. The van der Waals surface area contributed by atoms with Gasteiger partial charge in [-0.15, -0.1) is 0 Å². The van der Waals surface area contributed by atoms with Gasteiger partial charge in [-0.3, -0.25) is 13.8 Å². The van der Waals surface area contributed by atoms with Crippen molar-refractivity contribution in [2.45, 2.75) is 174 Å². The highest BCUT2D eigenvalue weighted by atomic mass is 31.2. The summed E-state index contributed by atoms with van der Waals surface area (Å²) < 4.78 is 34.9. The van der Waals surface area contributed by atoms with Crippen molar-refractivity contribution in [1.29, 1.82) is 0 Å². The zero-order chi connectivity index (χ0) is 40.6. The van der Waals surface area contributed by atoms with Gasteiger partial charge in [0.1, 0.15) is 19.3 Å². The minimum atomic E-state index is -4.29. The van der Waals surface area contributed by atoms with Crippen molar-refractivity contribution in [2.75, 3.05) is 54.1 Å². The molecule has 320 valence electrons.